The van der Waals surface area contributed by atoms with E-state index in [0.717, 1.165) is 0 Å². The molecular weight excluding hydrogens is 266 g/mol. The molecule has 2 aromatic rings. The van der Waals surface area contributed by atoms with Crippen LogP contribution in [0.3, 0.4) is 0 Å². The molecule has 0 aliphatic rings. The fourth-order valence-corrected chi connectivity index (χ4v) is 1.35. The maximum atomic E-state index is 11.2. The summed E-state index contributed by atoms with van der Waals surface area (Å²) in [6.45, 7) is 3.56. The van der Waals surface area contributed by atoms with Gasteiger partial charge in [-0.2, -0.15) is 4.98 Å². The lowest BCUT2D eigenvalue weighted by Crippen LogP contribution is -2.24. The topological polar surface area (TPSA) is 119 Å². The van der Waals surface area contributed by atoms with Crippen molar-refractivity contribution in [3.63, 3.8) is 0 Å². The Labute approximate surface area is 112 Å². The average molecular weight is 277 g/mol. The third-order valence-electron chi connectivity index (χ3n) is 2.21. The van der Waals surface area contributed by atoms with Gasteiger partial charge in [0.15, 0.2) is 5.82 Å². The van der Waals surface area contributed by atoms with Crippen molar-refractivity contribution in [2.75, 3.05) is 6.61 Å². The molecule has 104 valence electrons. The number of carboxylic acids is 1. The second-order valence-electron chi connectivity index (χ2n) is 3.66. The summed E-state index contributed by atoms with van der Waals surface area (Å²) >= 11 is 0. The Morgan fingerprint density at radius 3 is 3.05 bits per heavy atom. The first-order valence-electron chi connectivity index (χ1n) is 5.56. The van der Waals surface area contributed by atoms with E-state index < -0.39 is 12.1 Å². The first kappa shape index (κ1) is 13.5. The first-order chi connectivity index (χ1) is 9.60. The van der Waals surface area contributed by atoms with Crippen LogP contribution >= 0.6 is 0 Å². The number of nitrogens with one attached hydrogen (secondary N) is 1. The van der Waals surface area contributed by atoms with Crippen molar-refractivity contribution in [1.29, 1.82) is 0 Å². The molecule has 0 bridgehead atoms. The number of rotatable bonds is 5. The number of ether oxygens (including phenoxy) is 1. The van der Waals surface area contributed by atoms with Gasteiger partial charge in [-0.15, -0.1) is 5.10 Å². The molecular formula is C11H11N5O4. The third-order valence-corrected chi connectivity index (χ3v) is 2.21. The van der Waals surface area contributed by atoms with Gasteiger partial charge in [-0.25, -0.2) is 19.1 Å². The van der Waals surface area contributed by atoms with Gasteiger partial charge in [-0.05, 0) is 0 Å². The average Bonchev–Trinajstić information content (AvgIpc) is 2.84. The number of amides is 1. The maximum absolute atomic E-state index is 11.2. The van der Waals surface area contributed by atoms with E-state index in [1.807, 2.05) is 0 Å². The number of fused-ring (bicyclic) bond motifs is 1. The second-order valence-corrected chi connectivity index (χ2v) is 3.66. The molecule has 0 aromatic carbocycles. The molecule has 2 rings (SSSR count). The molecule has 20 heavy (non-hydrogen) atoms. The van der Waals surface area contributed by atoms with E-state index in [4.69, 9.17) is 9.84 Å². The smallest absolute Gasteiger partial charge is 0.407 e. The zero-order valence-electron chi connectivity index (χ0n) is 10.3. The zero-order valence-corrected chi connectivity index (χ0v) is 10.3. The Hall–Kier alpha value is -2.97. The van der Waals surface area contributed by atoms with Crippen molar-refractivity contribution in [2.24, 2.45) is 0 Å². The molecule has 0 fully saturated rings. The van der Waals surface area contributed by atoms with E-state index in [1.54, 1.807) is 0 Å². The van der Waals surface area contributed by atoms with E-state index in [-0.39, 0.29) is 30.3 Å². The Kier molecular flexibility index (Phi) is 3.89. The van der Waals surface area contributed by atoms with Crippen LogP contribution in [-0.2, 0) is 11.3 Å². The summed E-state index contributed by atoms with van der Waals surface area (Å²) < 4.78 is 5.95. The summed E-state index contributed by atoms with van der Waals surface area (Å²) in [4.78, 5) is 29.9. The summed E-state index contributed by atoms with van der Waals surface area (Å²) in [7, 11) is 0. The molecule has 2 aromatic heterocycles. The van der Waals surface area contributed by atoms with Crippen LogP contribution < -0.4 is 5.32 Å². The van der Waals surface area contributed by atoms with E-state index in [2.05, 4.69) is 27.0 Å². The van der Waals surface area contributed by atoms with Crippen LogP contribution in [0.4, 0.5) is 4.79 Å². The highest BCUT2D eigenvalue weighted by Crippen LogP contribution is 2.01. The standard InChI is InChI=1S/C11H11N5O4/c1-2-3-20-11(19)13-5-8-14-10-12-4-7(9(17)18)6-16(10)15-8/h2,4,6H,1,3,5H2,(H,13,19)(H,17,18). The molecule has 0 atom stereocenters. The summed E-state index contributed by atoms with van der Waals surface area (Å²) in [5.41, 5.74) is -0.00713. The quantitative estimate of drug-likeness (QED) is 0.751. The SMILES string of the molecule is C=CCOC(=O)NCc1nc2ncc(C(=O)O)cn2n1. The Morgan fingerprint density at radius 2 is 2.35 bits per heavy atom. The lowest BCUT2D eigenvalue weighted by molar-refractivity contribution is 0.0695. The molecule has 0 aliphatic heterocycles. The van der Waals surface area contributed by atoms with Gasteiger partial charge < -0.3 is 15.2 Å². The normalized spacial score (nSPS) is 10.2. The molecule has 0 unspecified atom stereocenters. The Bertz CT molecular complexity index is 666. The molecule has 0 spiro atoms. The molecule has 0 saturated heterocycles. The largest absolute Gasteiger partial charge is 0.478 e. The van der Waals surface area contributed by atoms with Gasteiger partial charge in [0.05, 0.1) is 12.1 Å². The van der Waals surface area contributed by atoms with Crippen LogP contribution in [0.1, 0.15) is 16.2 Å². The fourth-order valence-electron chi connectivity index (χ4n) is 1.35. The summed E-state index contributed by atoms with van der Waals surface area (Å²) in [6.07, 6.45) is 3.29. The predicted octanol–water partition coefficient (Wildman–Crippen LogP) is 0.235. The van der Waals surface area contributed by atoms with E-state index in [9.17, 15) is 9.59 Å². The van der Waals surface area contributed by atoms with Gasteiger partial charge in [0.1, 0.15) is 6.61 Å². The number of nitrogens with zero attached hydrogens (tertiary/aromatic N) is 4. The number of carbonyl (C=O) groups excluding carboxylic acids is 1. The number of alkyl carbamates (subject to hydrolysis) is 1. The maximum Gasteiger partial charge on any atom is 0.407 e. The minimum Gasteiger partial charge on any atom is -0.478 e. The number of carbonyl (C=O) groups is 2. The summed E-state index contributed by atoms with van der Waals surface area (Å²) in [6, 6.07) is 0. The fraction of sp³-hybridized carbons (Fsp3) is 0.182. The number of aromatic carboxylic acids is 1. The zero-order chi connectivity index (χ0) is 14.5. The van der Waals surface area contributed by atoms with Crippen molar-refractivity contribution in [3.8, 4) is 0 Å². The van der Waals surface area contributed by atoms with Crippen molar-refractivity contribution in [1.82, 2.24) is 24.9 Å². The number of aromatic nitrogens is 4. The van der Waals surface area contributed by atoms with Crippen molar-refractivity contribution in [2.45, 2.75) is 6.54 Å². The molecule has 0 aliphatic carbocycles. The number of hydrogen-bond acceptors (Lipinski definition) is 6. The van der Waals surface area contributed by atoms with Crippen LogP contribution in [0.25, 0.3) is 5.78 Å². The highest BCUT2D eigenvalue weighted by molar-refractivity contribution is 5.86. The Morgan fingerprint density at radius 1 is 1.55 bits per heavy atom. The number of hydrogen-bond donors (Lipinski definition) is 2. The highest BCUT2D eigenvalue weighted by atomic mass is 16.5. The van der Waals surface area contributed by atoms with Crippen molar-refractivity contribution < 1.29 is 19.4 Å². The summed E-state index contributed by atoms with van der Waals surface area (Å²) in [5, 5.41) is 15.3. The molecule has 9 heteroatoms. The van der Waals surface area contributed by atoms with Gasteiger partial charge >= 0.3 is 12.1 Å². The van der Waals surface area contributed by atoms with Gasteiger partial charge in [0, 0.05) is 12.4 Å². The summed E-state index contributed by atoms with van der Waals surface area (Å²) in [5.74, 6) is -0.579. The highest BCUT2D eigenvalue weighted by Gasteiger charge is 2.10. The van der Waals surface area contributed by atoms with Crippen LogP contribution in [-0.4, -0.2) is 43.4 Å². The minimum absolute atomic E-state index is 0.00713. The predicted molar refractivity (Wildman–Crippen MR) is 66.1 cm³/mol. The van der Waals surface area contributed by atoms with Gasteiger partial charge in [-0.3, -0.25) is 0 Å². The van der Waals surface area contributed by atoms with Gasteiger partial charge in [-0.1, -0.05) is 12.7 Å². The first-order valence-corrected chi connectivity index (χ1v) is 5.56. The van der Waals surface area contributed by atoms with E-state index in [1.165, 1.54) is 23.0 Å². The second kappa shape index (κ2) is 5.78. The lowest BCUT2D eigenvalue weighted by Gasteiger charge is -2.01. The third kappa shape index (κ3) is 3.07. The molecule has 0 radical (unpaired) electrons. The van der Waals surface area contributed by atoms with Gasteiger partial charge in [0.25, 0.3) is 5.78 Å². The lowest BCUT2D eigenvalue weighted by atomic mass is 10.4. The van der Waals surface area contributed by atoms with Crippen LogP contribution in [0, 0.1) is 0 Å². The molecule has 2 N–H and O–H groups in total. The molecule has 1 amide bonds. The van der Waals surface area contributed by atoms with Crippen molar-refractivity contribution >= 4 is 17.8 Å². The van der Waals surface area contributed by atoms with Gasteiger partial charge in [0.2, 0.25) is 0 Å². The Balaban J connectivity index is 2.06. The molecule has 2 heterocycles. The molecule has 9 nitrogen and oxygen atoms in total. The number of carboxylic acid groups (broad SMARTS) is 1. The van der Waals surface area contributed by atoms with Crippen molar-refractivity contribution in [3.05, 3.63) is 36.4 Å². The van der Waals surface area contributed by atoms with E-state index in [0.29, 0.717) is 0 Å². The van der Waals surface area contributed by atoms with E-state index >= 15 is 0 Å². The van der Waals surface area contributed by atoms with Crippen LogP contribution in [0.2, 0.25) is 0 Å². The van der Waals surface area contributed by atoms with Crippen LogP contribution in [0.5, 0.6) is 0 Å². The molecule has 0 saturated carbocycles. The minimum atomic E-state index is -1.11. The van der Waals surface area contributed by atoms with Crippen LogP contribution in [0.15, 0.2) is 25.0 Å². The monoisotopic (exact) mass is 277 g/mol.